The first kappa shape index (κ1) is 33.7. The van der Waals surface area contributed by atoms with Crippen LogP contribution in [0.2, 0.25) is 0 Å². The van der Waals surface area contributed by atoms with Gasteiger partial charge < -0.3 is 40.2 Å². The molecule has 5 heteroatoms. The maximum absolute atomic E-state index is 10.8. The molecule has 0 radical (unpaired) electrons. The Kier molecular flexibility index (Phi) is 30.1. The third-order valence-corrected chi connectivity index (χ3v) is 4.61. The SMILES string of the molecule is CC(=O)CCCCCCCCCCCCCCCC[N+](C)(C)C.[Cl-].[Cl-].[NH4+]. The number of carbonyl (C=O) groups is 1. The van der Waals surface area contributed by atoms with E-state index in [0.29, 0.717) is 5.78 Å². The van der Waals surface area contributed by atoms with Crippen LogP contribution in [0.4, 0.5) is 0 Å². The molecule has 0 aliphatic heterocycles. The van der Waals surface area contributed by atoms with Gasteiger partial charge in [0.15, 0.2) is 0 Å². The van der Waals surface area contributed by atoms with Crippen molar-refractivity contribution in [2.24, 2.45) is 0 Å². The first-order valence-corrected chi connectivity index (χ1v) is 10.2. The first-order valence-electron chi connectivity index (χ1n) is 10.2. The summed E-state index contributed by atoms with van der Waals surface area (Å²) in [6, 6.07) is 0. The van der Waals surface area contributed by atoms with Gasteiger partial charge in [0.1, 0.15) is 5.78 Å². The molecule has 0 saturated carbocycles. The predicted octanol–water partition coefficient (Wildman–Crippen LogP) is 0.517. The van der Waals surface area contributed by atoms with E-state index in [1.165, 1.54) is 90.0 Å². The lowest BCUT2D eigenvalue weighted by atomic mass is 10.0. The van der Waals surface area contributed by atoms with Crippen LogP contribution in [0.15, 0.2) is 0 Å². The average molecular weight is 416 g/mol. The Balaban J connectivity index is -0.000000807. The molecule has 0 rings (SSSR count). The zero-order valence-electron chi connectivity index (χ0n) is 18.4. The molecule has 0 saturated heterocycles. The summed E-state index contributed by atoms with van der Waals surface area (Å²) in [5.74, 6) is 0.346. The van der Waals surface area contributed by atoms with Crippen molar-refractivity contribution in [1.29, 1.82) is 0 Å². The second-order valence-electron chi connectivity index (χ2n) is 8.42. The summed E-state index contributed by atoms with van der Waals surface area (Å²) in [4.78, 5) is 10.8. The Hall–Kier alpha value is 0.170. The summed E-state index contributed by atoms with van der Waals surface area (Å²) in [6.45, 7) is 3.01. The van der Waals surface area contributed by atoms with E-state index < -0.39 is 0 Å². The highest BCUT2D eigenvalue weighted by atomic mass is 35.5. The van der Waals surface area contributed by atoms with E-state index in [4.69, 9.17) is 0 Å². The maximum atomic E-state index is 10.8. The molecule has 0 aromatic rings. The summed E-state index contributed by atoms with van der Waals surface area (Å²) >= 11 is 0. The molecule has 0 atom stereocenters. The zero-order valence-corrected chi connectivity index (χ0v) is 19.9. The molecule has 0 aromatic heterocycles. The number of carbonyl (C=O) groups excluding carboxylic acids is 1. The summed E-state index contributed by atoms with van der Waals surface area (Å²) in [7, 11) is 6.85. The molecule has 0 amide bonds. The van der Waals surface area contributed by atoms with Crippen LogP contribution >= 0.6 is 0 Å². The third-order valence-electron chi connectivity index (χ3n) is 4.61. The summed E-state index contributed by atoms with van der Waals surface area (Å²) in [5.41, 5.74) is 0. The number of hydrogen-bond acceptors (Lipinski definition) is 1. The lowest BCUT2D eigenvalue weighted by molar-refractivity contribution is -0.870. The molecule has 0 aliphatic carbocycles. The molecule has 0 spiro atoms. The lowest BCUT2D eigenvalue weighted by Crippen LogP contribution is -3.00. The van der Waals surface area contributed by atoms with Crippen molar-refractivity contribution in [3.63, 3.8) is 0 Å². The van der Waals surface area contributed by atoms with Gasteiger partial charge in [-0.25, -0.2) is 0 Å². The molecule has 0 heterocycles. The van der Waals surface area contributed by atoms with Crippen LogP contribution in [0.1, 0.15) is 103 Å². The highest BCUT2D eigenvalue weighted by Gasteiger charge is 2.04. The van der Waals surface area contributed by atoms with Crippen molar-refractivity contribution >= 4 is 5.78 Å². The molecule has 26 heavy (non-hydrogen) atoms. The van der Waals surface area contributed by atoms with E-state index in [1.54, 1.807) is 6.92 Å². The molecular weight excluding hydrogens is 367 g/mol. The molecule has 0 unspecified atom stereocenters. The molecule has 0 aromatic carbocycles. The van der Waals surface area contributed by atoms with Crippen molar-refractivity contribution in [3.05, 3.63) is 0 Å². The number of Topliss-reactive ketones (excluding diaryl/α,β-unsaturated/α-hetero) is 1. The van der Waals surface area contributed by atoms with Crippen LogP contribution in [0.25, 0.3) is 0 Å². The van der Waals surface area contributed by atoms with Gasteiger partial charge in [-0.05, 0) is 26.2 Å². The zero-order chi connectivity index (χ0) is 17.4. The van der Waals surface area contributed by atoms with Gasteiger partial charge in [0.2, 0.25) is 0 Å². The Morgan fingerprint density at radius 2 is 0.846 bits per heavy atom. The van der Waals surface area contributed by atoms with Crippen LogP contribution in [0, 0.1) is 0 Å². The normalized spacial score (nSPS) is 10.5. The average Bonchev–Trinajstić information content (AvgIpc) is 2.45. The number of rotatable bonds is 17. The highest BCUT2D eigenvalue weighted by molar-refractivity contribution is 5.75. The van der Waals surface area contributed by atoms with Crippen molar-refractivity contribution < 1.29 is 34.1 Å². The number of quaternary nitrogens is 2. The van der Waals surface area contributed by atoms with Crippen LogP contribution < -0.4 is 31.0 Å². The van der Waals surface area contributed by atoms with Crippen LogP contribution in [0.5, 0.6) is 0 Å². The quantitative estimate of drug-likeness (QED) is 0.273. The number of hydrogen-bond donors (Lipinski definition) is 1. The molecule has 3 nitrogen and oxygen atoms in total. The van der Waals surface area contributed by atoms with E-state index in [1.807, 2.05) is 0 Å². The number of nitrogens with zero attached hydrogens (tertiary/aromatic N) is 1. The van der Waals surface area contributed by atoms with Gasteiger partial charge in [0.05, 0.1) is 27.7 Å². The largest absolute Gasteiger partial charge is 1.00 e. The number of unbranched alkanes of at least 4 members (excludes halogenated alkanes) is 13. The number of ketones is 1. The molecule has 4 N–H and O–H groups in total. The van der Waals surface area contributed by atoms with E-state index in [9.17, 15) is 4.79 Å². The smallest absolute Gasteiger partial charge is 0.129 e. The van der Waals surface area contributed by atoms with Gasteiger partial charge in [-0.15, -0.1) is 0 Å². The summed E-state index contributed by atoms with van der Waals surface area (Å²) < 4.78 is 1.11. The second-order valence-corrected chi connectivity index (χ2v) is 8.42. The summed E-state index contributed by atoms with van der Waals surface area (Å²) in [6.07, 6.45) is 20.0. The van der Waals surface area contributed by atoms with E-state index in [0.717, 1.165) is 17.3 Å². The van der Waals surface area contributed by atoms with Crippen molar-refractivity contribution in [2.45, 2.75) is 103 Å². The number of halogens is 2. The fraction of sp³-hybridized carbons (Fsp3) is 0.952. The fourth-order valence-electron chi connectivity index (χ4n) is 3.08. The van der Waals surface area contributed by atoms with Gasteiger partial charge in [-0.1, -0.05) is 70.6 Å². The maximum Gasteiger partial charge on any atom is 0.129 e. The van der Waals surface area contributed by atoms with Gasteiger partial charge in [0, 0.05) is 6.42 Å². The third kappa shape index (κ3) is 31.9. The van der Waals surface area contributed by atoms with Gasteiger partial charge in [-0.2, -0.15) is 0 Å². The molecule has 162 valence electrons. The van der Waals surface area contributed by atoms with Crippen molar-refractivity contribution in [3.8, 4) is 0 Å². The van der Waals surface area contributed by atoms with E-state index in [2.05, 4.69) is 21.1 Å². The Labute approximate surface area is 177 Å². The topological polar surface area (TPSA) is 53.6 Å². The molecule has 0 aliphatic rings. The molecule has 0 bridgehead atoms. The Morgan fingerprint density at radius 3 is 1.12 bits per heavy atom. The van der Waals surface area contributed by atoms with Crippen LogP contribution in [-0.4, -0.2) is 38.0 Å². The predicted molar refractivity (Wildman–Crippen MR) is 109 cm³/mol. The standard InChI is InChI=1S/C21H44NO.2ClH.H3N/c1-21(23)19-17-15-13-11-9-7-5-6-8-10-12-14-16-18-20-22(2,3)4;;;/h5-20H2,1-4H3;2*1H;1H3/q+1;;;/p-1. The fourth-order valence-corrected chi connectivity index (χ4v) is 3.08. The van der Waals surface area contributed by atoms with Gasteiger partial charge in [-0.3, -0.25) is 0 Å². The van der Waals surface area contributed by atoms with Crippen LogP contribution in [0.3, 0.4) is 0 Å². The van der Waals surface area contributed by atoms with Gasteiger partial charge >= 0.3 is 0 Å². The van der Waals surface area contributed by atoms with E-state index in [-0.39, 0.29) is 31.0 Å². The minimum Gasteiger partial charge on any atom is -1.00 e. The molecule has 0 fully saturated rings. The monoisotopic (exact) mass is 414 g/mol. The minimum atomic E-state index is 0. The summed E-state index contributed by atoms with van der Waals surface area (Å²) in [5, 5.41) is 0. The van der Waals surface area contributed by atoms with E-state index >= 15 is 0 Å². The van der Waals surface area contributed by atoms with Crippen molar-refractivity contribution in [2.75, 3.05) is 27.7 Å². The molecular formula is C21H48Cl2N2O. The second kappa shape index (κ2) is 23.2. The lowest BCUT2D eigenvalue weighted by Gasteiger charge is -2.23. The van der Waals surface area contributed by atoms with Crippen LogP contribution in [-0.2, 0) is 4.79 Å². The van der Waals surface area contributed by atoms with Crippen molar-refractivity contribution in [1.82, 2.24) is 6.15 Å². The minimum absolute atomic E-state index is 0. The van der Waals surface area contributed by atoms with Gasteiger partial charge in [0.25, 0.3) is 0 Å². The highest BCUT2D eigenvalue weighted by Crippen LogP contribution is 2.13. The first-order chi connectivity index (χ1) is 10.9. The Bertz CT molecular complexity index is 282. The Morgan fingerprint density at radius 1 is 0.577 bits per heavy atom.